The van der Waals surface area contributed by atoms with Crippen LogP contribution in [0.5, 0.6) is 5.75 Å². The molecule has 1 aliphatic carbocycles. The van der Waals surface area contributed by atoms with Crippen molar-refractivity contribution in [1.29, 1.82) is 5.26 Å². The third-order valence-electron chi connectivity index (χ3n) is 3.38. The van der Waals surface area contributed by atoms with Gasteiger partial charge in [0.1, 0.15) is 11.8 Å². The van der Waals surface area contributed by atoms with Crippen LogP contribution in [0.4, 0.5) is 0 Å². The van der Waals surface area contributed by atoms with Crippen molar-refractivity contribution in [2.45, 2.75) is 26.2 Å². The average molecular weight is 272 g/mol. The number of para-hydroxylation sites is 1. The molecular weight excluding hydrogens is 252 g/mol. The highest BCUT2D eigenvalue weighted by molar-refractivity contribution is 5.77. The lowest BCUT2D eigenvalue weighted by atomic mass is 10.2. The van der Waals surface area contributed by atoms with Gasteiger partial charge in [-0.15, -0.1) is 0 Å². The van der Waals surface area contributed by atoms with Crippen molar-refractivity contribution < 1.29 is 9.53 Å². The van der Waals surface area contributed by atoms with Crippen molar-refractivity contribution in [3.63, 3.8) is 0 Å². The first kappa shape index (κ1) is 14.4. The number of amides is 1. The molecule has 1 fully saturated rings. The maximum Gasteiger partial charge on any atom is 0.260 e. The molecule has 0 aromatic heterocycles. The molecule has 0 spiro atoms. The Bertz CT molecular complexity index is 503. The van der Waals surface area contributed by atoms with Crippen molar-refractivity contribution in [2.24, 2.45) is 5.92 Å². The van der Waals surface area contributed by atoms with Gasteiger partial charge in [0, 0.05) is 13.1 Å². The topological polar surface area (TPSA) is 53.3 Å². The summed E-state index contributed by atoms with van der Waals surface area (Å²) in [5.41, 5.74) is 0.463. The number of nitriles is 1. The molecule has 1 aliphatic rings. The average Bonchev–Trinajstić information content (AvgIpc) is 3.28. The van der Waals surface area contributed by atoms with Crippen LogP contribution in [0.2, 0.25) is 0 Å². The van der Waals surface area contributed by atoms with Crippen LogP contribution < -0.4 is 4.74 Å². The van der Waals surface area contributed by atoms with E-state index >= 15 is 0 Å². The second-order valence-corrected chi connectivity index (χ2v) is 5.18. The Labute approximate surface area is 120 Å². The van der Waals surface area contributed by atoms with Crippen LogP contribution in [0.1, 0.15) is 31.7 Å². The molecule has 0 N–H and O–H groups in total. The molecule has 0 unspecified atom stereocenters. The Morgan fingerprint density at radius 3 is 2.85 bits per heavy atom. The molecule has 0 saturated heterocycles. The van der Waals surface area contributed by atoms with Gasteiger partial charge in [0.2, 0.25) is 0 Å². The highest BCUT2D eigenvalue weighted by atomic mass is 16.5. The van der Waals surface area contributed by atoms with Crippen LogP contribution in [-0.2, 0) is 4.79 Å². The Kier molecular flexibility index (Phi) is 5.00. The third kappa shape index (κ3) is 3.99. The monoisotopic (exact) mass is 272 g/mol. The molecule has 4 nitrogen and oxygen atoms in total. The fourth-order valence-corrected chi connectivity index (χ4v) is 2.12. The van der Waals surface area contributed by atoms with Gasteiger partial charge in [0.05, 0.1) is 5.56 Å². The molecular formula is C16H20N2O2. The molecule has 4 heteroatoms. The van der Waals surface area contributed by atoms with Crippen LogP contribution in [0.15, 0.2) is 24.3 Å². The van der Waals surface area contributed by atoms with E-state index in [1.165, 1.54) is 12.8 Å². The molecule has 1 amide bonds. The van der Waals surface area contributed by atoms with Crippen LogP contribution in [0, 0.1) is 17.2 Å². The summed E-state index contributed by atoms with van der Waals surface area (Å²) in [5, 5.41) is 8.98. The first-order valence-electron chi connectivity index (χ1n) is 7.14. The van der Waals surface area contributed by atoms with Gasteiger partial charge in [0.25, 0.3) is 5.91 Å². The van der Waals surface area contributed by atoms with Gasteiger partial charge in [-0.2, -0.15) is 5.26 Å². The number of nitrogens with zero attached hydrogens (tertiary/aromatic N) is 2. The van der Waals surface area contributed by atoms with Crippen molar-refractivity contribution >= 4 is 5.91 Å². The lowest BCUT2D eigenvalue weighted by molar-refractivity contribution is -0.133. The molecule has 1 saturated carbocycles. The molecule has 0 bridgehead atoms. The predicted molar refractivity (Wildman–Crippen MR) is 76.2 cm³/mol. The SMILES string of the molecule is CCCN(CC1CC1)C(=O)COc1ccccc1C#N. The van der Waals surface area contributed by atoms with E-state index < -0.39 is 0 Å². The summed E-state index contributed by atoms with van der Waals surface area (Å²) in [6, 6.07) is 9.06. The zero-order chi connectivity index (χ0) is 14.4. The number of carbonyl (C=O) groups excluding carboxylic acids is 1. The van der Waals surface area contributed by atoms with Crippen molar-refractivity contribution in [1.82, 2.24) is 4.90 Å². The molecule has 0 heterocycles. The standard InChI is InChI=1S/C16H20N2O2/c1-2-9-18(11-13-7-8-13)16(19)12-20-15-6-4-3-5-14(15)10-17/h3-6,13H,2,7-9,11-12H2,1H3. The van der Waals surface area contributed by atoms with Crippen LogP contribution in [-0.4, -0.2) is 30.5 Å². The summed E-state index contributed by atoms with van der Waals surface area (Å²) in [5.74, 6) is 1.16. The Balaban J connectivity index is 1.90. The highest BCUT2D eigenvalue weighted by Gasteiger charge is 2.26. The lowest BCUT2D eigenvalue weighted by Gasteiger charge is -2.22. The quantitative estimate of drug-likeness (QED) is 0.766. The highest BCUT2D eigenvalue weighted by Crippen LogP contribution is 2.29. The van der Waals surface area contributed by atoms with E-state index in [9.17, 15) is 4.79 Å². The third-order valence-corrected chi connectivity index (χ3v) is 3.38. The van der Waals surface area contributed by atoms with E-state index in [1.54, 1.807) is 24.3 Å². The fraction of sp³-hybridized carbons (Fsp3) is 0.500. The molecule has 0 radical (unpaired) electrons. The van der Waals surface area contributed by atoms with E-state index in [-0.39, 0.29) is 12.5 Å². The molecule has 0 atom stereocenters. The smallest absolute Gasteiger partial charge is 0.260 e. The van der Waals surface area contributed by atoms with Crippen LogP contribution in [0.25, 0.3) is 0 Å². The van der Waals surface area contributed by atoms with Crippen molar-refractivity contribution in [2.75, 3.05) is 19.7 Å². The molecule has 2 rings (SSSR count). The largest absolute Gasteiger partial charge is 0.482 e. The van der Waals surface area contributed by atoms with Gasteiger partial charge >= 0.3 is 0 Å². The van der Waals surface area contributed by atoms with E-state index in [2.05, 4.69) is 13.0 Å². The predicted octanol–water partition coefficient (Wildman–Crippen LogP) is 2.59. The van der Waals surface area contributed by atoms with Crippen molar-refractivity contribution in [3.8, 4) is 11.8 Å². The van der Waals surface area contributed by atoms with Gasteiger partial charge < -0.3 is 9.64 Å². The van der Waals surface area contributed by atoms with Crippen LogP contribution >= 0.6 is 0 Å². The summed E-state index contributed by atoms with van der Waals surface area (Å²) in [7, 11) is 0. The zero-order valence-corrected chi connectivity index (χ0v) is 11.8. The normalized spacial score (nSPS) is 13.6. The number of rotatable bonds is 7. The van der Waals surface area contributed by atoms with Gasteiger partial charge in [-0.25, -0.2) is 0 Å². The maximum atomic E-state index is 12.2. The molecule has 0 aliphatic heterocycles. The summed E-state index contributed by atoms with van der Waals surface area (Å²) < 4.78 is 5.51. The van der Waals surface area contributed by atoms with Gasteiger partial charge in [-0.3, -0.25) is 4.79 Å². The van der Waals surface area contributed by atoms with Gasteiger partial charge in [-0.05, 0) is 37.3 Å². The second kappa shape index (κ2) is 6.95. The van der Waals surface area contributed by atoms with Gasteiger partial charge in [0.15, 0.2) is 6.61 Å². The number of benzene rings is 1. The summed E-state index contributed by atoms with van der Waals surface area (Å²) >= 11 is 0. The van der Waals surface area contributed by atoms with E-state index in [0.717, 1.165) is 19.5 Å². The van der Waals surface area contributed by atoms with Crippen LogP contribution in [0.3, 0.4) is 0 Å². The number of carbonyl (C=O) groups is 1. The molecule has 106 valence electrons. The Morgan fingerprint density at radius 2 is 2.20 bits per heavy atom. The summed E-state index contributed by atoms with van der Waals surface area (Å²) in [6.45, 7) is 3.69. The summed E-state index contributed by atoms with van der Waals surface area (Å²) in [6.07, 6.45) is 3.41. The molecule has 1 aromatic rings. The Morgan fingerprint density at radius 1 is 1.45 bits per heavy atom. The number of hydrogen-bond acceptors (Lipinski definition) is 3. The minimum atomic E-state index is 0.00537. The van der Waals surface area contributed by atoms with Gasteiger partial charge in [-0.1, -0.05) is 19.1 Å². The van der Waals surface area contributed by atoms with Crippen molar-refractivity contribution in [3.05, 3.63) is 29.8 Å². The molecule has 20 heavy (non-hydrogen) atoms. The number of hydrogen-bond donors (Lipinski definition) is 0. The fourth-order valence-electron chi connectivity index (χ4n) is 2.12. The Hall–Kier alpha value is -2.02. The summed E-state index contributed by atoms with van der Waals surface area (Å²) in [4.78, 5) is 14.1. The zero-order valence-electron chi connectivity index (χ0n) is 11.8. The van der Waals surface area contributed by atoms with E-state index in [1.807, 2.05) is 4.90 Å². The number of ether oxygens (including phenoxy) is 1. The lowest BCUT2D eigenvalue weighted by Crippen LogP contribution is -2.37. The maximum absolute atomic E-state index is 12.2. The van der Waals surface area contributed by atoms with E-state index in [4.69, 9.17) is 10.00 Å². The molecule has 1 aromatic carbocycles. The minimum absolute atomic E-state index is 0.00537. The second-order valence-electron chi connectivity index (χ2n) is 5.18. The van der Waals surface area contributed by atoms with E-state index in [0.29, 0.717) is 17.2 Å². The first-order chi connectivity index (χ1) is 9.74. The minimum Gasteiger partial charge on any atom is -0.482 e. The first-order valence-corrected chi connectivity index (χ1v) is 7.14.